The van der Waals surface area contributed by atoms with Crippen molar-refractivity contribution in [3.63, 3.8) is 0 Å². The summed E-state index contributed by atoms with van der Waals surface area (Å²) in [5.41, 5.74) is 1.46. The first-order valence-electron chi connectivity index (χ1n) is 5.18. The molecule has 0 saturated heterocycles. The van der Waals surface area contributed by atoms with E-state index in [1.54, 1.807) is 7.11 Å². The van der Waals surface area contributed by atoms with Gasteiger partial charge in [0.25, 0.3) is 0 Å². The van der Waals surface area contributed by atoms with Gasteiger partial charge in [-0.2, -0.15) is 0 Å². The van der Waals surface area contributed by atoms with Crippen molar-refractivity contribution in [2.24, 2.45) is 5.41 Å². The van der Waals surface area contributed by atoms with Crippen molar-refractivity contribution in [2.45, 2.75) is 46.8 Å². The Hall–Kier alpha value is -0.340. The maximum atomic E-state index is 5.56. The zero-order valence-corrected chi connectivity index (χ0v) is 10.6. The van der Waals surface area contributed by atoms with Gasteiger partial charge in [-0.05, 0) is 26.3 Å². The molecule has 0 rings (SSSR count). The van der Waals surface area contributed by atoms with Crippen LogP contribution in [0, 0.1) is 5.41 Å². The highest BCUT2D eigenvalue weighted by molar-refractivity contribution is 5.05. The summed E-state index contributed by atoms with van der Waals surface area (Å²) in [6, 6.07) is 0.282. The number of hydrogen-bond acceptors (Lipinski definition) is 2. The number of hydrogen-bond donors (Lipinski definition) is 1. The van der Waals surface area contributed by atoms with Crippen LogP contribution in [0.4, 0.5) is 0 Å². The van der Waals surface area contributed by atoms with Crippen LogP contribution in [-0.4, -0.2) is 26.3 Å². The summed E-state index contributed by atoms with van der Waals surface area (Å²) in [5, 5.41) is 3.29. The van der Waals surface area contributed by atoms with E-state index in [9.17, 15) is 0 Å². The zero-order valence-electron chi connectivity index (χ0n) is 10.6. The predicted molar refractivity (Wildman–Crippen MR) is 62.5 cm³/mol. The van der Waals surface area contributed by atoms with Crippen LogP contribution in [0.15, 0.2) is 11.6 Å². The molecule has 2 heteroatoms. The topological polar surface area (TPSA) is 21.3 Å². The number of rotatable bonds is 4. The molecule has 0 aromatic heterocycles. The van der Waals surface area contributed by atoms with E-state index < -0.39 is 0 Å². The molecule has 0 aliphatic rings. The minimum Gasteiger partial charge on any atom is -0.379 e. The molecule has 0 spiro atoms. The van der Waals surface area contributed by atoms with Crippen molar-refractivity contribution in [3.05, 3.63) is 11.6 Å². The fourth-order valence-electron chi connectivity index (χ4n) is 1.72. The van der Waals surface area contributed by atoms with Crippen molar-refractivity contribution in [1.82, 2.24) is 5.32 Å². The molecule has 0 amide bonds. The molecule has 0 aromatic rings. The molecule has 2 unspecified atom stereocenters. The SMILES string of the molecule is CNC(C=C(C)C)C(OC)C(C)(C)C. The van der Waals surface area contributed by atoms with Gasteiger partial charge in [0.1, 0.15) is 0 Å². The summed E-state index contributed by atoms with van der Waals surface area (Å²) < 4.78 is 5.56. The van der Waals surface area contributed by atoms with Gasteiger partial charge in [-0.3, -0.25) is 0 Å². The highest BCUT2D eigenvalue weighted by Crippen LogP contribution is 2.25. The smallest absolute Gasteiger partial charge is 0.0808 e. The van der Waals surface area contributed by atoms with E-state index in [-0.39, 0.29) is 17.6 Å². The average Bonchev–Trinajstić information content (AvgIpc) is 2.00. The highest BCUT2D eigenvalue weighted by atomic mass is 16.5. The van der Waals surface area contributed by atoms with Crippen molar-refractivity contribution < 1.29 is 4.74 Å². The summed E-state index contributed by atoms with van der Waals surface area (Å²) >= 11 is 0. The Bertz CT molecular complexity index is 187. The number of allylic oxidation sites excluding steroid dienone is 1. The Labute approximate surface area is 88.7 Å². The molecule has 0 fully saturated rings. The van der Waals surface area contributed by atoms with Crippen molar-refractivity contribution >= 4 is 0 Å². The number of likely N-dealkylation sites (N-methyl/N-ethyl adjacent to an activating group) is 1. The minimum atomic E-state index is 0.147. The Kier molecular flexibility index (Phi) is 5.38. The molecule has 0 aromatic carbocycles. The number of ether oxygens (including phenoxy) is 1. The van der Waals surface area contributed by atoms with Gasteiger partial charge in [-0.25, -0.2) is 0 Å². The van der Waals surface area contributed by atoms with Crippen molar-refractivity contribution in [3.8, 4) is 0 Å². The van der Waals surface area contributed by atoms with Crippen molar-refractivity contribution in [2.75, 3.05) is 14.2 Å². The third-order valence-corrected chi connectivity index (χ3v) is 2.28. The molecule has 2 atom stereocenters. The van der Waals surface area contributed by atoms with Gasteiger partial charge in [-0.15, -0.1) is 0 Å². The molecule has 1 N–H and O–H groups in total. The highest BCUT2D eigenvalue weighted by Gasteiger charge is 2.30. The second-order valence-electron chi connectivity index (χ2n) is 5.08. The first-order valence-corrected chi connectivity index (χ1v) is 5.18. The van der Waals surface area contributed by atoms with Gasteiger partial charge in [0.15, 0.2) is 0 Å². The molecule has 0 radical (unpaired) electrons. The predicted octanol–water partition coefficient (Wildman–Crippen LogP) is 2.60. The van der Waals surface area contributed by atoms with E-state index >= 15 is 0 Å². The molecular formula is C12H25NO. The fourth-order valence-corrected chi connectivity index (χ4v) is 1.72. The lowest BCUT2D eigenvalue weighted by Gasteiger charge is -2.34. The lowest BCUT2D eigenvalue weighted by Crippen LogP contribution is -2.45. The first kappa shape index (κ1) is 13.7. The molecule has 0 aliphatic carbocycles. The quantitative estimate of drug-likeness (QED) is 0.703. The Balaban J connectivity index is 4.71. The summed E-state index contributed by atoms with van der Waals surface area (Å²) in [6.07, 6.45) is 2.42. The summed E-state index contributed by atoms with van der Waals surface area (Å²) in [4.78, 5) is 0. The molecule has 0 saturated carbocycles. The Morgan fingerprint density at radius 3 is 2.00 bits per heavy atom. The van der Waals surface area contributed by atoms with Gasteiger partial charge in [0, 0.05) is 7.11 Å². The van der Waals surface area contributed by atoms with Crippen molar-refractivity contribution in [1.29, 1.82) is 0 Å². The summed E-state index contributed by atoms with van der Waals surface area (Å²) in [5.74, 6) is 0. The third kappa shape index (κ3) is 4.25. The summed E-state index contributed by atoms with van der Waals surface area (Å²) in [6.45, 7) is 10.8. The summed E-state index contributed by atoms with van der Waals surface area (Å²) in [7, 11) is 3.75. The van der Waals surface area contributed by atoms with E-state index in [1.807, 2.05) is 7.05 Å². The molecular weight excluding hydrogens is 174 g/mol. The molecule has 0 bridgehead atoms. The fraction of sp³-hybridized carbons (Fsp3) is 0.833. The lowest BCUT2D eigenvalue weighted by molar-refractivity contribution is 0.00162. The van der Waals surface area contributed by atoms with E-state index in [0.717, 1.165) is 0 Å². The van der Waals surface area contributed by atoms with Crippen LogP contribution >= 0.6 is 0 Å². The van der Waals surface area contributed by atoms with Gasteiger partial charge in [0.2, 0.25) is 0 Å². The number of nitrogens with one attached hydrogen (secondary N) is 1. The van der Waals surface area contributed by atoms with Crippen LogP contribution in [0.1, 0.15) is 34.6 Å². The van der Waals surface area contributed by atoms with E-state index in [0.29, 0.717) is 0 Å². The van der Waals surface area contributed by atoms with Crippen LogP contribution in [0.3, 0.4) is 0 Å². The van der Waals surface area contributed by atoms with Crippen LogP contribution in [-0.2, 0) is 4.74 Å². The lowest BCUT2D eigenvalue weighted by atomic mass is 9.84. The minimum absolute atomic E-state index is 0.147. The van der Waals surface area contributed by atoms with E-state index in [4.69, 9.17) is 4.74 Å². The standard InChI is InChI=1S/C12H25NO/c1-9(2)8-10(13-6)11(14-7)12(3,4)5/h8,10-11,13H,1-7H3. The van der Waals surface area contributed by atoms with E-state index in [2.05, 4.69) is 46.0 Å². The third-order valence-electron chi connectivity index (χ3n) is 2.28. The van der Waals surface area contributed by atoms with Gasteiger partial charge in [-0.1, -0.05) is 32.4 Å². The van der Waals surface area contributed by atoms with Gasteiger partial charge >= 0.3 is 0 Å². The monoisotopic (exact) mass is 199 g/mol. The number of methoxy groups -OCH3 is 1. The molecule has 0 aliphatic heterocycles. The van der Waals surface area contributed by atoms with Crippen LogP contribution in [0.2, 0.25) is 0 Å². The Morgan fingerprint density at radius 2 is 1.79 bits per heavy atom. The Morgan fingerprint density at radius 1 is 1.29 bits per heavy atom. The van der Waals surface area contributed by atoms with E-state index in [1.165, 1.54) is 5.57 Å². The maximum Gasteiger partial charge on any atom is 0.0808 e. The molecule has 0 heterocycles. The second-order valence-corrected chi connectivity index (χ2v) is 5.08. The molecule has 84 valence electrons. The molecule has 2 nitrogen and oxygen atoms in total. The zero-order chi connectivity index (χ0) is 11.4. The van der Waals surface area contributed by atoms with Crippen LogP contribution in [0.5, 0.6) is 0 Å². The largest absolute Gasteiger partial charge is 0.379 e. The van der Waals surface area contributed by atoms with Gasteiger partial charge in [0.05, 0.1) is 12.1 Å². The average molecular weight is 199 g/mol. The second kappa shape index (κ2) is 5.52. The molecule has 14 heavy (non-hydrogen) atoms. The maximum absolute atomic E-state index is 5.56. The van der Waals surface area contributed by atoms with Crippen LogP contribution in [0.25, 0.3) is 0 Å². The first-order chi connectivity index (χ1) is 6.32. The van der Waals surface area contributed by atoms with Crippen LogP contribution < -0.4 is 5.32 Å². The van der Waals surface area contributed by atoms with Gasteiger partial charge < -0.3 is 10.1 Å². The normalized spacial score (nSPS) is 16.2.